The maximum Gasteiger partial charge on any atom is 0.328 e. The van der Waals surface area contributed by atoms with Crippen molar-refractivity contribution in [3.8, 4) is 0 Å². The molecule has 4 aromatic rings. The highest BCUT2D eigenvalue weighted by molar-refractivity contribution is 7.99. The van der Waals surface area contributed by atoms with Crippen LogP contribution in [0.5, 0.6) is 0 Å². The molecule has 0 aromatic heterocycles. The fraction of sp³-hybridized carbons (Fsp3) is 0.188. The second-order valence-corrected chi connectivity index (χ2v) is 12.7. The number of halogens is 4. The molecule has 0 bridgehead atoms. The molecule has 1 aliphatic heterocycles. The number of esters is 1. The summed E-state index contributed by atoms with van der Waals surface area (Å²) in [5.41, 5.74) is 3.84. The Morgan fingerprint density at radius 2 is 1.55 bits per heavy atom. The predicted molar refractivity (Wildman–Crippen MR) is 172 cm³/mol. The number of benzene rings is 4. The number of rotatable bonds is 8. The Labute approximate surface area is 268 Å². The number of hydrogen-bond donors (Lipinski definition) is 2. The first kappa shape index (κ1) is 30.6. The number of nitrogens with one attached hydrogen (secondary N) is 2. The van der Waals surface area contributed by atoms with E-state index in [1.165, 1.54) is 7.11 Å². The van der Waals surface area contributed by atoms with Crippen LogP contribution in [0.25, 0.3) is 0 Å². The van der Waals surface area contributed by atoms with E-state index in [-0.39, 0.29) is 33.3 Å². The highest BCUT2D eigenvalue weighted by Crippen LogP contribution is 2.50. The maximum atomic E-state index is 13.1. The van der Waals surface area contributed by atoms with Crippen molar-refractivity contribution in [3.05, 3.63) is 127 Å². The molecular weight excluding hydrogens is 634 g/mol. The monoisotopic (exact) mass is 658 g/mol. The highest BCUT2D eigenvalue weighted by Gasteiger charge is 2.32. The SMILES string of the molecule is COC(=O)[C@H](Cc1ccc2c(c1)C(Sc1ccccc1)CC(c1c(Cl)cccc1Cl)N2)NC(=O)c1c(Cl)cccc1Cl. The van der Waals surface area contributed by atoms with Crippen LogP contribution in [0.1, 0.15) is 44.8 Å². The Morgan fingerprint density at radius 1 is 0.905 bits per heavy atom. The number of methoxy groups -OCH3 is 1. The Balaban J connectivity index is 1.46. The summed E-state index contributed by atoms with van der Waals surface area (Å²) in [4.78, 5) is 27.0. The normalized spacial score (nSPS) is 16.6. The van der Waals surface area contributed by atoms with Gasteiger partial charge in [-0.15, -0.1) is 11.8 Å². The second kappa shape index (κ2) is 13.6. The maximum absolute atomic E-state index is 13.1. The van der Waals surface area contributed by atoms with Crippen molar-refractivity contribution in [2.45, 2.75) is 35.1 Å². The molecule has 0 radical (unpaired) electrons. The van der Waals surface area contributed by atoms with Gasteiger partial charge in [-0.05, 0) is 60.0 Å². The van der Waals surface area contributed by atoms with Gasteiger partial charge in [-0.1, -0.05) is 88.9 Å². The van der Waals surface area contributed by atoms with E-state index in [1.807, 2.05) is 48.5 Å². The Bertz CT molecular complexity index is 1580. The van der Waals surface area contributed by atoms with Crippen molar-refractivity contribution in [1.29, 1.82) is 0 Å². The molecule has 0 saturated heterocycles. The van der Waals surface area contributed by atoms with Crippen LogP contribution in [0.15, 0.2) is 89.8 Å². The van der Waals surface area contributed by atoms with E-state index in [0.29, 0.717) is 10.0 Å². The van der Waals surface area contributed by atoms with Gasteiger partial charge in [0.05, 0.1) is 28.8 Å². The van der Waals surface area contributed by atoms with Gasteiger partial charge in [-0.25, -0.2) is 4.79 Å². The molecule has 0 spiro atoms. The van der Waals surface area contributed by atoms with Gasteiger partial charge in [-0.2, -0.15) is 0 Å². The van der Waals surface area contributed by atoms with Gasteiger partial charge in [0.2, 0.25) is 0 Å². The molecule has 1 aliphatic rings. The van der Waals surface area contributed by atoms with Crippen LogP contribution < -0.4 is 10.6 Å². The van der Waals surface area contributed by atoms with Crippen LogP contribution in [0, 0.1) is 0 Å². The molecule has 4 aromatic carbocycles. The van der Waals surface area contributed by atoms with Crippen LogP contribution in [-0.2, 0) is 16.0 Å². The van der Waals surface area contributed by atoms with Crippen LogP contribution in [0.4, 0.5) is 5.69 Å². The van der Waals surface area contributed by atoms with Gasteiger partial charge in [0.25, 0.3) is 5.91 Å². The van der Waals surface area contributed by atoms with Gasteiger partial charge >= 0.3 is 5.97 Å². The van der Waals surface area contributed by atoms with Crippen molar-refractivity contribution in [3.63, 3.8) is 0 Å². The summed E-state index contributed by atoms with van der Waals surface area (Å²) < 4.78 is 5.02. The third-order valence-corrected chi connectivity index (χ3v) is 9.60. The molecule has 42 heavy (non-hydrogen) atoms. The average molecular weight is 660 g/mol. The Morgan fingerprint density at radius 3 is 2.19 bits per heavy atom. The van der Waals surface area contributed by atoms with Gasteiger partial charge in [0, 0.05) is 37.9 Å². The van der Waals surface area contributed by atoms with Crippen molar-refractivity contribution < 1.29 is 14.3 Å². The topological polar surface area (TPSA) is 67.4 Å². The van der Waals surface area contributed by atoms with Crippen molar-refractivity contribution in [1.82, 2.24) is 5.32 Å². The largest absolute Gasteiger partial charge is 0.467 e. The van der Waals surface area contributed by atoms with Gasteiger partial charge in [-0.3, -0.25) is 4.79 Å². The summed E-state index contributed by atoms with van der Waals surface area (Å²) in [6.07, 6.45) is 0.928. The van der Waals surface area contributed by atoms with E-state index in [2.05, 4.69) is 28.8 Å². The molecule has 3 atom stereocenters. The summed E-state index contributed by atoms with van der Waals surface area (Å²) in [5, 5.41) is 8.03. The smallest absolute Gasteiger partial charge is 0.328 e. The molecule has 0 fully saturated rings. The molecule has 5 rings (SSSR count). The molecule has 2 N–H and O–H groups in total. The number of thioether (sulfide) groups is 1. The molecule has 1 heterocycles. The number of ether oxygens (including phenoxy) is 1. The fourth-order valence-electron chi connectivity index (χ4n) is 5.05. The molecule has 5 nitrogen and oxygen atoms in total. The lowest BCUT2D eigenvalue weighted by Gasteiger charge is -2.34. The first-order chi connectivity index (χ1) is 20.2. The zero-order valence-corrected chi connectivity index (χ0v) is 26.2. The van der Waals surface area contributed by atoms with E-state index in [9.17, 15) is 9.59 Å². The van der Waals surface area contributed by atoms with E-state index < -0.39 is 17.9 Å². The lowest BCUT2D eigenvalue weighted by molar-refractivity contribution is -0.142. The van der Waals surface area contributed by atoms with Crippen LogP contribution >= 0.6 is 58.2 Å². The molecule has 0 aliphatic carbocycles. The van der Waals surface area contributed by atoms with E-state index in [0.717, 1.165) is 33.7 Å². The zero-order valence-electron chi connectivity index (χ0n) is 22.4. The molecule has 2 unspecified atom stereocenters. The van der Waals surface area contributed by atoms with Crippen molar-refractivity contribution in [2.24, 2.45) is 0 Å². The predicted octanol–water partition coefficient (Wildman–Crippen LogP) is 9.20. The molecular formula is C32H26Cl4N2O3S. The van der Waals surface area contributed by atoms with Gasteiger partial charge in [0.1, 0.15) is 6.04 Å². The second-order valence-electron chi connectivity index (χ2n) is 9.76. The first-order valence-electron chi connectivity index (χ1n) is 13.1. The minimum atomic E-state index is -0.959. The van der Waals surface area contributed by atoms with E-state index >= 15 is 0 Å². The van der Waals surface area contributed by atoms with Gasteiger partial charge in [0.15, 0.2) is 0 Å². The Hall–Kier alpha value is -2.87. The summed E-state index contributed by atoms with van der Waals surface area (Å²) in [6, 6.07) is 25.4. The average Bonchev–Trinajstić information content (AvgIpc) is 2.97. The highest BCUT2D eigenvalue weighted by atomic mass is 35.5. The van der Waals surface area contributed by atoms with E-state index in [1.54, 1.807) is 30.0 Å². The van der Waals surface area contributed by atoms with Crippen LogP contribution in [0.2, 0.25) is 20.1 Å². The standard InChI is InChI=1S/C32H26Cl4N2O3S/c1-41-32(40)27(38-31(39)30-23(35)11-6-12-24(30)36)16-18-13-14-25-20(15-18)28(42-19-7-3-2-4-8-19)17-26(37-25)29-21(33)9-5-10-22(29)34/h2-15,26-28,37H,16-17H2,1H3,(H,38,39)/t26?,27-,28?/m0/s1. The number of carbonyl (C=O) groups is 2. The first-order valence-corrected chi connectivity index (χ1v) is 15.5. The number of fused-ring (bicyclic) bond motifs is 1. The number of hydrogen-bond acceptors (Lipinski definition) is 5. The fourth-order valence-corrected chi connectivity index (χ4v) is 7.53. The quantitative estimate of drug-likeness (QED) is 0.185. The molecule has 1 amide bonds. The third kappa shape index (κ3) is 6.85. The van der Waals surface area contributed by atoms with Gasteiger partial charge < -0.3 is 15.4 Å². The number of carbonyl (C=O) groups excluding carboxylic acids is 2. The van der Waals surface area contributed by atoms with Crippen LogP contribution in [0.3, 0.4) is 0 Å². The molecule has 216 valence electrons. The molecule has 10 heteroatoms. The Kier molecular flexibility index (Phi) is 9.92. The summed E-state index contributed by atoms with van der Waals surface area (Å²) >= 11 is 27.4. The number of amides is 1. The van der Waals surface area contributed by atoms with Crippen molar-refractivity contribution >= 4 is 75.7 Å². The molecule has 0 saturated carbocycles. The lowest BCUT2D eigenvalue weighted by Crippen LogP contribution is -2.43. The third-order valence-electron chi connectivity index (χ3n) is 7.03. The summed E-state index contributed by atoms with van der Waals surface area (Å²) in [6.45, 7) is 0. The minimum absolute atomic E-state index is 0.0500. The minimum Gasteiger partial charge on any atom is -0.467 e. The summed E-state index contributed by atoms with van der Waals surface area (Å²) in [7, 11) is 1.28. The van der Waals surface area contributed by atoms with E-state index in [4.69, 9.17) is 51.1 Å². The summed E-state index contributed by atoms with van der Waals surface area (Å²) in [5.74, 6) is -1.14. The van der Waals surface area contributed by atoms with Crippen molar-refractivity contribution in [2.75, 3.05) is 12.4 Å². The zero-order chi connectivity index (χ0) is 29.8. The lowest BCUT2D eigenvalue weighted by atomic mass is 9.91. The van der Waals surface area contributed by atoms with Crippen LogP contribution in [-0.4, -0.2) is 25.0 Å². The number of anilines is 1.